The van der Waals surface area contributed by atoms with Crippen LogP contribution in [0.5, 0.6) is 0 Å². The van der Waals surface area contributed by atoms with E-state index in [1.54, 1.807) is 0 Å². The summed E-state index contributed by atoms with van der Waals surface area (Å²) in [6.07, 6.45) is 5.11. The van der Waals surface area contributed by atoms with Crippen molar-refractivity contribution < 1.29 is 9.53 Å². The second kappa shape index (κ2) is 7.91. The molecule has 0 aromatic heterocycles. The number of hydrogen-bond acceptors (Lipinski definition) is 2. The normalized spacial score (nSPS) is 20.9. The Balaban J connectivity index is 1.21. The first-order valence-corrected chi connectivity index (χ1v) is 12.0. The summed E-state index contributed by atoms with van der Waals surface area (Å²) in [4.78, 5) is 15.3. The minimum Gasteiger partial charge on any atom is -0.448 e. The molecule has 3 nitrogen and oxygen atoms in total. The Kier molecular flexibility index (Phi) is 4.86. The molecule has 0 radical (unpaired) electrons. The van der Waals surface area contributed by atoms with Gasteiger partial charge in [-0.3, -0.25) is 4.90 Å². The maximum atomic E-state index is 13.3. The quantitative estimate of drug-likeness (QED) is 0.449. The van der Waals surface area contributed by atoms with Crippen molar-refractivity contribution in [3.05, 3.63) is 101 Å². The minimum absolute atomic E-state index is 0.102. The molecule has 33 heavy (non-hydrogen) atoms. The second-order valence-corrected chi connectivity index (χ2v) is 9.72. The molecular weight excluding hydrogens is 406 g/mol. The highest BCUT2D eigenvalue weighted by Gasteiger charge is 2.41. The number of nitrogens with zero attached hydrogens (tertiary/aromatic N) is 1. The summed E-state index contributed by atoms with van der Waals surface area (Å²) in [6.45, 7) is 4.70. The van der Waals surface area contributed by atoms with Gasteiger partial charge in [0.2, 0.25) is 0 Å². The highest BCUT2D eigenvalue weighted by Crippen LogP contribution is 2.45. The zero-order valence-corrected chi connectivity index (χ0v) is 19.3. The molecule has 1 aliphatic carbocycles. The Hall–Kier alpha value is -3.33. The van der Waals surface area contributed by atoms with Crippen molar-refractivity contribution in [3.8, 4) is 11.1 Å². The highest BCUT2D eigenvalue weighted by atomic mass is 16.6. The summed E-state index contributed by atoms with van der Waals surface area (Å²) in [7, 11) is 0. The average Bonchev–Trinajstić information content (AvgIpc) is 3.30. The van der Waals surface area contributed by atoms with Gasteiger partial charge >= 0.3 is 6.09 Å². The first kappa shape index (κ1) is 20.3. The smallest absolute Gasteiger partial charge is 0.410 e. The summed E-state index contributed by atoms with van der Waals surface area (Å²) >= 11 is 0. The van der Waals surface area contributed by atoms with E-state index in [0.29, 0.717) is 6.61 Å². The van der Waals surface area contributed by atoms with Crippen LogP contribution in [0.3, 0.4) is 0 Å². The molecule has 1 saturated heterocycles. The van der Waals surface area contributed by atoms with E-state index in [9.17, 15) is 4.79 Å². The summed E-state index contributed by atoms with van der Waals surface area (Å²) in [6, 6.07) is 24.0. The Morgan fingerprint density at radius 1 is 0.909 bits per heavy atom. The number of carbonyl (C=O) groups is 1. The fraction of sp³-hybridized carbons (Fsp3) is 0.300. The molecule has 3 aliphatic rings. The lowest BCUT2D eigenvalue weighted by Gasteiger charge is -2.34. The zero-order chi connectivity index (χ0) is 22.5. The van der Waals surface area contributed by atoms with Gasteiger partial charge in [0, 0.05) is 12.0 Å². The Morgan fingerprint density at radius 3 is 2.30 bits per heavy atom. The predicted molar refractivity (Wildman–Crippen MR) is 132 cm³/mol. The standard InChI is InChI=1S/C30H29NO2/c1-19-11-12-20(2)28(15-19)21-16-22-13-14-23(17-21)31(22)30(32)33-18-29-26-9-5-3-7-24(26)25-8-4-6-10-27(25)29/h3-12,15-16,22-23,29H,13-14,17-18H2,1-2H3. The van der Waals surface area contributed by atoms with Gasteiger partial charge in [-0.05, 0) is 72.1 Å². The number of ether oxygens (including phenoxy) is 1. The summed E-state index contributed by atoms with van der Waals surface area (Å²) < 4.78 is 6.00. The number of hydrogen-bond donors (Lipinski definition) is 0. The van der Waals surface area contributed by atoms with E-state index in [2.05, 4.69) is 86.7 Å². The third-order valence-corrected chi connectivity index (χ3v) is 7.68. The van der Waals surface area contributed by atoms with Gasteiger partial charge in [0.25, 0.3) is 0 Å². The van der Waals surface area contributed by atoms with Gasteiger partial charge in [-0.2, -0.15) is 0 Å². The number of rotatable bonds is 3. The molecule has 3 aromatic rings. The van der Waals surface area contributed by atoms with Crippen LogP contribution in [0, 0.1) is 13.8 Å². The molecule has 6 rings (SSSR count). The molecule has 3 heteroatoms. The van der Waals surface area contributed by atoms with Crippen molar-refractivity contribution in [1.82, 2.24) is 4.90 Å². The van der Waals surface area contributed by atoms with Crippen molar-refractivity contribution in [2.75, 3.05) is 6.61 Å². The molecule has 2 bridgehead atoms. The predicted octanol–water partition coefficient (Wildman–Crippen LogP) is 6.87. The number of fused-ring (bicyclic) bond motifs is 5. The lowest BCUT2D eigenvalue weighted by atomic mass is 9.91. The molecule has 0 N–H and O–H groups in total. The molecule has 2 unspecified atom stereocenters. The number of benzene rings is 3. The average molecular weight is 436 g/mol. The number of amides is 1. The number of aryl methyl sites for hydroxylation is 2. The minimum atomic E-state index is -0.166. The maximum absolute atomic E-state index is 13.3. The molecule has 1 amide bonds. The maximum Gasteiger partial charge on any atom is 0.410 e. The van der Waals surface area contributed by atoms with Crippen molar-refractivity contribution in [1.29, 1.82) is 0 Å². The van der Waals surface area contributed by atoms with Crippen LogP contribution in [0.15, 0.2) is 72.8 Å². The van der Waals surface area contributed by atoms with Crippen LogP contribution in [0.2, 0.25) is 0 Å². The van der Waals surface area contributed by atoms with E-state index in [1.807, 2.05) is 4.90 Å². The van der Waals surface area contributed by atoms with Gasteiger partial charge in [-0.15, -0.1) is 0 Å². The topological polar surface area (TPSA) is 29.5 Å². The molecule has 1 fully saturated rings. The summed E-state index contributed by atoms with van der Waals surface area (Å²) in [5, 5.41) is 0. The second-order valence-electron chi connectivity index (χ2n) is 9.72. The van der Waals surface area contributed by atoms with E-state index in [-0.39, 0.29) is 24.1 Å². The van der Waals surface area contributed by atoms with Crippen LogP contribution < -0.4 is 0 Å². The Bertz CT molecular complexity index is 1230. The zero-order valence-electron chi connectivity index (χ0n) is 19.3. The molecule has 0 spiro atoms. The fourth-order valence-corrected chi connectivity index (χ4v) is 6.06. The van der Waals surface area contributed by atoms with Crippen LogP contribution in [-0.4, -0.2) is 29.7 Å². The monoisotopic (exact) mass is 435 g/mol. The van der Waals surface area contributed by atoms with Crippen LogP contribution in [0.25, 0.3) is 16.7 Å². The molecular formula is C30H29NO2. The van der Waals surface area contributed by atoms with Gasteiger partial charge in [0.05, 0.1) is 6.04 Å². The molecule has 166 valence electrons. The summed E-state index contributed by atoms with van der Waals surface area (Å²) in [5.74, 6) is 0.102. The SMILES string of the molecule is Cc1ccc(C)c(C2=CC3CCC(C2)N3C(=O)OCC2c3ccccc3-c3ccccc32)c1. The van der Waals surface area contributed by atoms with Gasteiger partial charge in [-0.1, -0.05) is 78.4 Å². The van der Waals surface area contributed by atoms with Crippen molar-refractivity contribution in [2.24, 2.45) is 0 Å². The third kappa shape index (κ3) is 3.38. The third-order valence-electron chi connectivity index (χ3n) is 7.68. The van der Waals surface area contributed by atoms with Gasteiger partial charge < -0.3 is 4.74 Å². The van der Waals surface area contributed by atoms with Gasteiger partial charge in [0.15, 0.2) is 0 Å². The first-order chi connectivity index (χ1) is 16.1. The molecule has 2 aliphatic heterocycles. The lowest BCUT2D eigenvalue weighted by Crippen LogP contribution is -2.43. The number of carbonyl (C=O) groups excluding carboxylic acids is 1. The van der Waals surface area contributed by atoms with Crippen molar-refractivity contribution in [2.45, 2.75) is 51.1 Å². The van der Waals surface area contributed by atoms with E-state index in [4.69, 9.17) is 4.74 Å². The van der Waals surface area contributed by atoms with E-state index >= 15 is 0 Å². The highest BCUT2D eigenvalue weighted by molar-refractivity contribution is 5.79. The van der Waals surface area contributed by atoms with Crippen LogP contribution >= 0.6 is 0 Å². The lowest BCUT2D eigenvalue weighted by molar-refractivity contribution is 0.0866. The van der Waals surface area contributed by atoms with Crippen LogP contribution in [0.4, 0.5) is 4.79 Å². The largest absolute Gasteiger partial charge is 0.448 e. The first-order valence-electron chi connectivity index (χ1n) is 12.0. The molecule has 3 aromatic carbocycles. The molecule has 0 saturated carbocycles. The van der Waals surface area contributed by atoms with Crippen molar-refractivity contribution in [3.63, 3.8) is 0 Å². The molecule has 2 heterocycles. The van der Waals surface area contributed by atoms with Crippen molar-refractivity contribution >= 4 is 11.7 Å². The molecule has 2 atom stereocenters. The van der Waals surface area contributed by atoms with Crippen LogP contribution in [0.1, 0.15) is 53.0 Å². The van der Waals surface area contributed by atoms with E-state index in [1.165, 1.54) is 44.5 Å². The summed E-state index contributed by atoms with van der Waals surface area (Å²) in [5.41, 5.74) is 10.3. The Labute approximate surface area is 195 Å². The fourth-order valence-electron chi connectivity index (χ4n) is 6.06. The Morgan fingerprint density at radius 2 is 1.61 bits per heavy atom. The van der Waals surface area contributed by atoms with Gasteiger partial charge in [0.1, 0.15) is 6.61 Å². The van der Waals surface area contributed by atoms with E-state index < -0.39 is 0 Å². The van der Waals surface area contributed by atoms with Gasteiger partial charge in [-0.25, -0.2) is 4.79 Å². The van der Waals surface area contributed by atoms with Crippen LogP contribution in [-0.2, 0) is 4.74 Å². The van der Waals surface area contributed by atoms with E-state index in [0.717, 1.165) is 19.3 Å².